The van der Waals surface area contributed by atoms with Crippen LogP contribution in [-0.2, 0) is 9.59 Å². The molecular formula is C15H21NO3S. The average molecular weight is 295 g/mol. The van der Waals surface area contributed by atoms with E-state index in [0.717, 1.165) is 10.4 Å². The Morgan fingerprint density at radius 2 is 2.15 bits per heavy atom. The molecule has 0 saturated heterocycles. The lowest BCUT2D eigenvalue weighted by Crippen LogP contribution is -2.32. The van der Waals surface area contributed by atoms with Gasteiger partial charge in [0, 0.05) is 17.5 Å². The molecule has 1 rings (SSSR count). The van der Waals surface area contributed by atoms with E-state index in [0.29, 0.717) is 6.42 Å². The zero-order valence-electron chi connectivity index (χ0n) is 12.1. The molecule has 20 heavy (non-hydrogen) atoms. The van der Waals surface area contributed by atoms with Crippen LogP contribution in [0.3, 0.4) is 0 Å². The van der Waals surface area contributed by atoms with Gasteiger partial charge in [-0.05, 0) is 42.3 Å². The van der Waals surface area contributed by atoms with Crippen molar-refractivity contribution in [1.82, 2.24) is 5.32 Å². The SMILES string of the molecule is Cc1ccsc1/C=C/C(=O)NCC(CC(C)C)C(=O)O. The predicted octanol–water partition coefficient (Wildman–Crippen LogP) is 2.93. The molecule has 0 saturated carbocycles. The first-order chi connectivity index (χ1) is 9.40. The first-order valence-corrected chi connectivity index (χ1v) is 7.51. The molecule has 1 heterocycles. The summed E-state index contributed by atoms with van der Waals surface area (Å²) >= 11 is 1.57. The summed E-state index contributed by atoms with van der Waals surface area (Å²) in [5.74, 6) is -1.36. The summed E-state index contributed by atoms with van der Waals surface area (Å²) in [6, 6.07) is 1.99. The Bertz CT molecular complexity index is 491. The molecule has 0 aliphatic carbocycles. The number of hydrogen-bond donors (Lipinski definition) is 2. The summed E-state index contributed by atoms with van der Waals surface area (Å²) in [5, 5.41) is 13.7. The lowest BCUT2D eigenvalue weighted by Gasteiger charge is -2.14. The van der Waals surface area contributed by atoms with E-state index in [-0.39, 0.29) is 18.4 Å². The summed E-state index contributed by atoms with van der Waals surface area (Å²) in [6.45, 7) is 6.09. The van der Waals surface area contributed by atoms with Gasteiger partial charge >= 0.3 is 5.97 Å². The van der Waals surface area contributed by atoms with Gasteiger partial charge in [-0.25, -0.2) is 0 Å². The Hall–Kier alpha value is -1.62. The highest BCUT2D eigenvalue weighted by Crippen LogP contribution is 2.17. The lowest BCUT2D eigenvalue weighted by molar-refractivity contribution is -0.142. The summed E-state index contributed by atoms with van der Waals surface area (Å²) < 4.78 is 0. The van der Waals surface area contributed by atoms with Gasteiger partial charge in [-0.3, -0.25) is 9.59 Å². The van der Waals surface area contributed by atoms with Crippen molar-refractivity contribution in [3.05, 3.63) is 28.0 Å². The van der Waals surface area contributed by atoms with Gasteiger partial charge in [0.2, 0.25) is 5.91 Å². The minimum absolute atomic E-state index is 0.167. The van der Waals surface area contributed by atoms with Crippen molar-refractivity contribution in [2.45, 2.75) is 27.2 Å². The van der Waals surface area contributed by atoms with Crippen LogP contribution in [0.1, 0.15) is 30.7 Å². The number of carbonyl (C=O) groups excluding carboxylic acids is 1. The molecule has 0 aliphatic heterocycles. The third kappa shape index (κ3) is 5.57. The molecule has 0 spiro atoms. The molecule has 0 aliphatic rings. The maximum Gasteiger partial charge on any atom is 0.308 e. The normalized spacial score (nSPS) is 12.8. The van der Waals surface area contributed by atoms with Crippen molar-refractivity contribution in [3.63, 3.8) is 0 Å². The maximum absolute atomic E-state index is 11.7. The van der Waals surface area contributed by atoms with Gasteiger partial charge in [-0.15, -0.1) is 11.3 Å². The Morgan fingerprint density at radius 3 is 2.65 bits per heavy atom. The van der Waals surface area contributed by atoms with Crippen LogP contribution in [0.15, 0.2) is 17.5 Å². The molecular weight excluding hydrogens is 274 g/mol. The van der Waals surface area contributed by atoms with Crippen LogP contribution in [0.25, 0.3) is 6.08 Å². The Labute approximate surface area is 123 Å². The molecule has 1 atom stereocenters. The second-order valence-corrected chi connectivity index (χ2v) is 6.16. The van der Waals surface area contributed by atoms with Crippen molar-refractivity contribution < 1.29 is 14.7 Å². The van der Waals surface area contributed by atoms with Crippen LogP contribution in [0.4, 0.5) is 0 Å². The van der Waals surface area contributed by atoms with Gasteiger partial charge < -0.3 is 10.4 Å². The van der Waals surface area contributed by atoms with E-state index >= 15 is 0 Å². The minimum atomic E-state index is -0.864. The Morgan fingerprint density at radius 1 is 1.45 bits per heavy atom. The number of aryl methyl sites for hydroxylation is 1. The number of rotatable bonds is 7. The number of carboxylic acid groups (broad SMARTS) is 1. The van der Waals surface area contributed by atoms with Gasteiger partial charge in [0.1, 0.15) is 0 Å². The summed E-state index contributed by atoms with van der Waals surface area (Å²) in [7, 11) is 0. The van der Waals surface area contributed by atoms with Crippen LogP contribution in [0.5, 0.6) is 0 Å². The molecule has 4 nitrogen and oxygen atoms in total. The zero-order valence-corrected chi connectivity index (χ0v) is 12.9. The molecule has 0 radical (unpaired) electrons. The van der Waals surface area contributed by atoms with E-state index in [1.54, 1.807) is 17.4 Å². The summed E-state index contributed by atoms with van der Waals surface area (Å²) in [6.07, 6.45) is 3.77. The van der Waals surface area contributed by atoms with Gasteiger partial charge in [0.25, 0.3) is 0 Å². The molecule has 1 aromatic rings. The third-order valence-electron chi connectivity index (χ3n) is 2.92. The highest BCUT2D eigenvalue weighted by molar-refractivity contribution is 7.11. The fraction of sp³-hybridized carbons (Fsp3) is 0.467. The number of aliphatic carboxylic acids is 1. The third-order valence-corrected chi connectivity index (χ3v) is 3.90. The standard InChI is InChI=1S/C15H21NO3S/c1-10(2)8-12(15(18)19)9-16-14(17)5-4-13-11(3)6-7-20-13/h4-7,10,12H,8-9H2,1-3H3,(H,16,17)(H,18,19)/b5-4+. The van der Waals surface area contributed by atoms with Crippen LogP contribution >= 0.6 is 11.3 Å². The first-order valence-electron chi connectivity index (χ1n) is 6.63. The van der Waals surface area contributed by atoms with E-state index < -0.39 is 11.9 Å². The molecule has 2 N–H and O–H groups in total. The lowest BCUT2D eigenvalue weighted by atomic mass is 9.97. The van der Waals surface area contributed by atoms with Crippen LogP contribution < -0.4 is 5.32 Å². The topological polar surface area (TPSA) is 66.4 Å². The second kappa shape index (κ2) is 7.85. The Kier molecular flexibility index (Phi) is 6.45. The van der Waals surface area contributed by atoms with Crippen molar-refractivity contribution >= 4 is 29.3 Å². The number of thiophene rings is 1. The molecule has 5 heteroatoms. The highest BCUT2D eigenvalue weighted by Gasteiger charge is 2.19. The molecule has 0 aromatic carbocycles. The quantitative estimate of drug-likeness (QED) is 0.760. The first kappa shape index (κ1) is 16.4. The van der Waals surface area contributed by atoms with Crippen LogP contribution in [0.2, 0.25) is 0 Å². The average Bonchev–Trinajstić information content (AvgIpc) is 2.76. The van der Waals surface area contributed by atoms with E-state index in [2.05, 4.69) is 5.32 Å². The minimum Gasteiger partial charge on any atom is -0.481 e. The largest absolute Gasteiger partial charge is 0.481 e. The Balaban J connectivity index is 2.48. The molecule has 110 valence electrons. The maximum atomic E-state index is 11.7. The second-order valence-electron chi connectivity index (χ2n) is 5.21. The van der Waals surface area contributed by atoms with Gasteiger partial charge in [-0.2, -0.15) is 0 Å². The molecule has 1 amide bonds. The van der Waals surface area contributed by atoms with Gasteiger partial charge in [0.05, 0.1) is 5.92 Å². The number of hydrogen-bond acceptors (Lipinski definition) is 3. The highest BCUT2D eigenvalue weighted by atomic mass is 32.1. The monoisotopic (exact) mass is 295 g/mol. The molecule has 0 bridgehead atoms. The van der Waals surface area contributed by atoms with Crippen molar-refractivity contribution in [1.29, 1.82) is 0 Å². The molecule has 1 aromatic heterocycles. The van der Waals surface area contributed by atoms with Crippen molar-refractivity contribution in [2.75, 3.05) is 6.54 Å². The smallest absolute Gasteiger partial charge is 0.308 e. The fourth-order valence-corrected chi connectivity index (χ4v) is 2.65. The summed E-state index contributed by atoms with van der Waals surface area (Å²) in [4.78, 5) is 23.8. The number of amides is 1. The van der Waals surface area contributed by atoms with Crippen molar-refractivity contribution in [2.24, 2.45) is 11.8 Å². The number of carboxylic acids is 1. The zero-order chi connectivity index (χ0) is 15.1. The van der Waals surface area contributed by atoms with E-state index in [4.69, 9.17) is 5.11 Å². The summed E-state index contributed by atoms with van der Waals surface area (Å²) in [5.41, 5.74) is 1.13. The fourth-order valence-electron chi connectivity index (χ4n) is 1.83. The van der Waals surface area contributed by atoms with Crippen LogP contribution in [-0.4, -0.2) is 23.5 Å². The molecule has 0 fully saturated rings. The van der Waals surface area contributed by atoms with Gasteiger partial charge in [0.15, 0.2) is 0 Å². The van der Waals surface area contributed by atoms with E-state index in [9.17, 15) is 9.59 Å². The number of carbonyl (C=O) groups is 2. The number of nitrogens with one attached hydrogen (secondary N) is 1. The predicted molar refractivity (Wildman–Crippen MR) is 81.7 cm³/mol. The van der Waals surface area contributed by atoms with Gasteiger partial charge in [-0.1, -0.05) is 13.8 Å². The molecule has 1 unspecified atom stereocenters. The van der Waals surface area contributed by atoms with E-state index in [1.807, 2.05) is 32.2 Å². The van der Waals surface area contributed by atoms with Crippen LogP contribution in [0, 0.1) is 18.8 Å². The van der Waals surface area contributed by atoms with Crippen molar-refractivity contribution in [3.8, 4) is 0 Å². The van der Waals surface area contributed by atoms with E-state index in [1.165, 1.54) is 6.08 Å².